The summed E-state index contributed by atoms with van der Waals surface area (Å²) in [5.41, 5.74) is 0.829. The number of ether oxygens (including phenoxy) is 1. The zero-order valence-corrected chi connectivity index (χ0v) is 11.2. The van der Waals surface area contributed by atoms with Gasteiger partial charge in [0.1, 0.15) is 6.04 Å². The largest absolute Gasteiger partial charge is 0.468 e. The van der Waals surface area contributed by atoms with Crippen molar-refractivity contribution in [1.82, 2.24) is 5.32 Å². The number of carbonyl (C=O) groups is 1. The van der Waals surface area contributed by atoms with Crippen LogP contribution in [0.15, 0.2) is 24.3 Å². The number of esters is 1. The molecule has 0 aliphatic carbocycles. The third-order valence-corrected chi connectivity index (χ3v) is 2.75. The average molecular weight is 287 g/mol. The molecule has 1 rings (SSSR count). The van der Waals surface area contributed by atoms with Gasteiger partial charge in [-0.3, -0.25) is 14.9 Å². The van der Waals surface area contributed by atoms with Gasteiger partial charge in [0, 0.05) is 24.6 Å². The number of alkyl halides is 1. The molecule has 1 N–H and O–H groups in total. The molecular formula is C12H15ClN2O4. The van der Waals surface area contributed by atoms with Gasteiger partial charge in [-0.05, 0) is 12.0 Å². The maximum atomic E-state index is 11.6. The van der Waals surface area contributed by atoms with Crippen molar-refractivity contribution in [3.8, 4) is 0 Å². The molecule has 6 nitrogen and oxygen atoms in total. The third-order valence-electron chi connectivity index (χ3n) is 2.56. The minimum atomic E-state index is -0.509. The first kappa shape index (κ1) is 15.4. The maximum Gasteiger partial charge on any atom is 0.323 e. The molecule has 0 spiro atoms. The van der Waals surface area contributed by atoms with Gasteiger partial charge in [0.25, 0.3) is 5.69 Å². The predicted octanol–water partition coefficient (Wildman–Crippen LogP) is 1.51. The second-order valence-electron chi connectivity index (χ2n) is 3.85. The van der Waals surface area contributed by atoms with Gasteiger partial charge in [-0.1, -0.05) is 12.1 Å². The standard InChI is InChI=1S/C12H15ClN2O4/c1-19-12(16)11(14-7-6-13)8-9-2-4-10(5-3-9)15(17)18/h2-5,11,14H,6-8H2,1H3/t11-/m0/s1. The molecule has 0 fully saturated rings. The molecule has 0 saturated heterocycles. The van der Waals surface area contributed by atoms with Gasteiger partial charge in [-0.15, -0.1) is 11.6 Å². The van der Waals surface area contributed by atoms with Gasteiger partial charge in [-0.25, -0.2) is 0 Å². The van der Waals surface area contributed by atoms with Crippen molar-refractivity contribution in [3.05, 3.63) is 39.9 Å². The van der Waals surface area contributed by atoms with Gasteiger partial charge in [-0.2, -0.15) is 0 Å². The molecule has 0 radical (unpaired) electrons. The smallest absolute Gasteiger partial charge is 0.323 e. The van der Waals surface area contributed by atoms with Crippen LogP contribution in [0.1, 0.15) is 5.56 Å². The summed E-state index contributed by atoms with van der Waals surface area (Å²) >= 11 is 5.56. The van der Waals surface area contributed by atoms with Crippen molar-refractivity contribution in [2.45, 2.75) is 12.5 Å². The van der Waals surface area contributed by atoms with Crippen LogP contribution >= 0.6 is 11.6 Å². The van der Waals surface area contributed by atoms with Gasteiger partial charge in [0.05, 0.1) is 12.0 Å². The molecule has 7 heteroatoms. The summed E-state index contributed by atoms with van der Waals surface area (Å²) in [6.45, 7) is 0.480. The van der Waals surface area contributed by atoms with Crippen molar-refractivity contribution >= 4 is 23.3 Å². The Hall–Kier alpha value is -1.66. The molecule has 0 bridgehead atoms. The van der Waals surface area contributed by atoms with Crippen LogP contribution < -0.4 is 5.32 Å². The monoisotopic (exact) mass is 286 g/mol. The summed E-state index contributed by atoms with van der Waals surface area (Å²) in [5, 5.41) is 13.5. The molecule has 0 aromatic heterocycles. The number of nitrogens with zero attached hydrogens (tertiary/aromatic N) is 1. The van der Waals surface area contributed by atoms with E-state index in [1.54, 1.807) is 12.1 Å². The fourth-order valence-electron chi connectivity index (χ4n) is 1.60. The van der Waals surface area contributed by atoms with Gasteiger partial charge < -0.3 is 10.1 Å². The number of nitro groups is 1. The van der Waals surface area contributed by atoms with E-state index in [9.17, 15) is 14.9 Å². The number of non-ortho nitro benzene ring substituents is 1. The van der Waals surface area contributed by atoms with E-state index in [-0.39, 0.29) is 11.7 Å². The van der Waals surface area contributed by atoms with Crippen molar-refractivity contribution in [3.63, 3.8) is 0 Å². The lowest BCUT2D eigenvalue weighted by Gasteiger charge is -2.15. The zero-order valence-electron chi connectivity index (χ0n) is 10.5. The lowest BCUT2D eigenvalue weighted by Crippen LogP contribution is -2.40. The van der Waals surface area contributed by atoms with Crippen LogP contribution in [-0.2, 0) is 16.0 Å². The maximum absolute atomic E-state index is 11.6. The highest BCUT2D eigenvalue weighted by molar-refractivity contribution is 6.18. The molecule has 104 valence electrons. The molecule has 1 aromatic carbocycles. The summed E-state index contributed by atoms with van der Waals surface area (Å²) in [6, 6.07) is 5.55. The molecule has 0 unspecified atom stereocenters. The van der Waals surface area contributed by atoms with Crippen LogP contribution in [0.4, 0.5) is 5.69 Å². The van der Waals surface area contributed by atoms with E-state index < -0.39 is 11.0 Å². The van der Waals surface area contributed by atoms with E-state index in [1.165, 1.54) is 19.2 Å². The van der Waals surface area contributed by atoms with Crippen LogP contribution in [-0.4, -0.2) is 36.5 Å². The second-order valence-corrected chi connectivity index (χ2v) is 4.22. The number of rotatable bonds is 7. The molecule has 1 atom stereocenters. The molecule has 0 aliphatic rings. The topological polar surface area (TPSA) is 81.5 Å². The molecule has 0 aliphatic heterocycles. The fraction of sp³-hybridized carbons (Fsp3) is 0.417. The first-order valence-electron chi connectivity index (χ1n) is 5.69. The number of methoxy groups -OCH3 is 1. The zero-order chi connectivity index (χ0) is 14.3. The number of hydrogen-bond acceptors (Lipinski definition) is 5. The van der Waals surface area contributed by atoms with Gasteiger partial charge in [0.15, 0.2) is 0 Å². The van der Waals surface area contributed by atoms with E-state index in [0.717, 1.165) is 5.56 Å². The van der Waals surface area contributed by atoms with E-state index in [0.29, 0.717) is 18.8 Å². The lowest BCUT2D eigenvalue weighted by atomic mass is 10.1. The predicted molar refractivity (Wildman–Crippen MR) is 71.3 cm³/mol. The van der Waals surface area contributed by atoms with Crippen LogP contribution in [0.2, 0.25) is 0 Å². The number of halogens is 1. The Balaban J connectivity index is 2.72. The van der Waals surface area contributed by atoms with Crippen molar-refractivity contribution in [1.29, 1.82) is 0 Å². The summed E-state index contributed by atoms with van der Waals surface area (Å²) in [6.07, 6.45) is 0.390. The van der Waals surface area contributed by atoms with Crippen LogP contribution in [0.25, 0.3) is 0 Å². The van der Waals surface area contributed by atoms with Crippen LogP contribution in [0.3, 0.4) is 0 Å². The second kappa shape index (κ2) is 7.70. The number of carbonyl (C=O) groups excluding carboxylic acids is 1. The number of nitro benzene ring substituents is 1. The quantitative estimate of drug-likeness (QED) is 0.356. The highest BCUT2D eigenvalue weighted by Gasteiger charge is 2.19. The first-order valence-corrected chi connectivity index (χ1v) is 6.22. The van der Waals surface area contributed by atoms with E-state index >= 15 is 0 Å². The van der Waals surface area contributed by atoms with Gasteiger partial charge in [0.2, 0.25) is 0 Å². The Labute approximate surface area is 115 Å². The number of hydrogen-bond donors (Lipinski definition) is 1. The molecule has 1 aromatic rings. The molecular weight excluding hydrogens is 272 g/mol. The van der Waals surface area contributed by atoms with Crippen LogP contribution in [0, 0.1) is 10.1 Å². The molecule has 0 heterocycles. The summed E-state index contributed by atoms with van der Waals surface area (Å²) in [5.74, 6) is -0.00298. The van der Waals surface area contributed by atoms with E-state index in [1.807, 2.05) is 0 Å². The minimum absolute atomic E-state index is 0.0204. The normalized spacial score (nSPS) is 11.9. The summed E-state index contributed by atoms with van der Waals surface area (Å²) < 4.78 is 4.69. The van der Waals surface area contributed by atoms with Gasteiger partial charge >= 0.3 is 5.97 Å². The Morgan fingerprint density at radius 2 is 2.11 bits per heavy atom. The molecule has 0 amide bonds. The fourth-order valence-corrected chi connectivity index (χ4v) is 1.71. The Morgan fingerprint density at radius 1 is 1.47 bits per heavy atom. The van der Waals surface area contributed by atoms with Crippen molar-refractivity contribution < 1.29 is 14.5 Å². The van der Waals surface area contributed by atoms with Crippen molar-refractivity contribution in [2.24, 2.45) is 0 Å². The third kappa shape index (κ3) is 4.84. The molecule has 0 saturated carbocycles. The Morgan fingerprint density at radius 3 is 2.58 bits per heavy atom. The first-order chi connectivity index (χ1) is 9.08. The SMILES string of the molecule is COC(=O)[C@H](Cc1ccc([N+](=O)[O-])cc1)NCCCl. The highest BCUT2D eigenvalue weighted by atomic mass is 35.5. The Kier molecular flexibility index (Phi) is 6.24. The lowest BCUT2D eigenvalue weighted by molar-refractivity contribution is -0.384. The number of benzene rings is 1. The number of nitrogens with one attached hydrogen (secondary N) is 1. The molecule has 19 heavy (non-hydrogen) atoms. The minimum Gasteiger partial charge on any atom is -0.468 e. The van der Waals surface area contributed by atoms with Crippen LogP contribution in [0.5, 0.6) is 0 Å². The summed E-state index contributed by atoms with van der Waals surface area (Å²) in [4.78, 5) is 21.6. The van der Waals surface area contributed by atoms with Crippen molar-refractivity contribution in [2.75, 3.05) is 19.5 Å². The Bertz CT molecular complexity index is 436. The highest BCUT2D eigenvalue weighted by Crippen LogP contribution is 2.13. The van der Waals surface area contributed by atoms with E-state index in [4.69, 9.17) is 16.3 Å². The van der Waals surface area contributed by atoms with E-state index in [2.05, 4.69) is 5.32 Å². The summed E-state index contributed by atoms with van der Waals surface area (Å²) in [7, 11) is 1.31. The average Bonchev–Trinajstić information content (AvgIpc) is 2.43.